The second-order valence-corrected chi connectivity index (χ2v) is 9.43. The lowest BCUT2D eigenvalue weighted by Crippen LogP contribution is -2.11. The van der Waals surface area contributed by atoms with Gasteiger partial charge in [-0.25, -0.2) is 8.42 Å². The van der Waals surface area contributed by atoms with Crippen molar-refractivity contribution in [2.45, 2.75) is 33.7 Å². The van der Waals surface area contributed by atoms with Crippen LogP contribution in [0, 0.1) is 12.8 Å². The van der Waals surface area contributed by atoms with Gasteiger partial charge in [0.25, 0.3) is 0 Å². The fourth-order valence-corrected chi connectivity index (χ4v) is 4.01. The first-order valence-corrected chi connectivity index (χ1v) is 11.3. The summed E-state index contributed by atoms with van der Waals surface area (Å²) in [5.41, 5.74) is 12.8. The summed E-state index contributed by atoms with van der Waals surface area (Å²) in [5, 5.41) is 0.894. The molecule has 0 bridgehead atoms. The number of benzene rings is 2. The van der Waals surface area contributed by atoms with Gasteiger partial charge < -0.3 is 5.73 Å². The Bertz CT molecular complexity index is 1120. The quantitative estimate of drug-likeness (QED) is 0.526. The van der Waals surface area contributed by atoms with E-state index in [9.17, 15) is 8.42 Å². The molecule has 0 aliphatic rings. The molecule has 8 heteroatoms. The number of hydrogen-bond acceptors (Lipinski definition) is 4. The number of pyridine rings is 1. The molecule has 1 heterocycles. The zero-order valence-electron chi connectivity index (χ0n) is 17.6. The Morgan fingerprint density at radius 3 is 2.23 bits per heavy atom. The average Bonchev–Trinajstić information content (AvgIpc) is 2.60. The van der Waals surface area contributed by atoms with Crippen molar-refractivity contribution in [1.29, 1.82) is 0 Å². The van der Waals surface area contributed by atoms with Gasteiger partial charge in [-0.3, -0.25) is 9.71 Å². The van der Waals surface area contributed by atoms with E-state index in [1.807, 2.05) is 12.1 Å². The molecule has 0 atom stereocenters. The Hall–Kier alpha value is -1.86. The molecule has 0 radical (unpaired) electrons. The van der Waals surface area contributed by atoms with Gasteiger partial charge in [0.2, 0.25) is 10.0 Å². The van der Waals surface area contributed by atoms with Gasteiger partial charge in [-0.2, -0.15) is 0 Å². The molecule has 0 spiro atoms. The van der Waals surface area contributed by atoms with E-state index in [-0.39, 0.29) is 24.8 Å². The smallest absolute Gasteiger partial charge is 0.229 e. The van der Waals surface area contributed by atoms with Crippen LogP contribution in [0.3, 0.4) is 0 Å². The first kappa shape index (κ1) is 26.2. The van der Waals surface area contributed by atoms with Crippen LogP contribution >= 0.6 is 24.8 Å². The minimum atomic E-state index is -3.36. The van der Waals surface area contributed by atoms with Gasteiger partial charge in [-0.1, -0.05) is 43.7 Å². The van der Waals surface area contributed by atoms with Gasteiger partial charge in [-0.15, -0.1) is 24.8 Å². The molecule has 3 N–H and O–H groups in total. The monoisotopic (exact) mass is 469 g/mol. The Morgan fingerprint density at radius 2 is 1.70 bits per heavy atom. The lowest BCUT2D eigenvalue weighted by Gasteiger charge is -2.18. The van der Waals surface area contributed by atoms with E-state index in [0.717, 1.165) is 46.0 Å². The third-order valence-electron chi connectivity index (χ3n) is 4.62. The molecule has 0 aliphatic heterocycles. The van der Waals surface area contributed by atoms with Gasteiger partial charge in [-0.05, 0) is 54.2 Å². The summed E-state index contributed by atoms with van der Waals surface area (Å²) in [6.07, 6.45) is 1.98. The van der Waals surface area contributed by atoms with Crippen LogP contribution in [0.15, 0.2) is 42.5 Å². The first-order valence-electron chi connectivity index (χ1n) is 9.38. The van der Waals surface area contributed by atoms with E-state index in [1.54, 1.807) is 6.07 Å². The number of nitrogens with one attached hydrogen (secondary N) is 1. The minimum absolute atomic E-state index is 0. The Morgan fingerprint density at radius 1 is 1.07 bits per heavy atom. The summed E-state index contributed by atoms with van der Waals surface area (Å²) in [6.45, 7) is 6.75. The van der Waals surface area contributed by atoms with Crippen LogP contribution in [0.4, 0.5) is 5.69 Å². The van der Waals surface area contributed by atoms with Gasteiger partial charge in [0, 0.05) is 23.3 Å². The maximum Gasteiger partial charge on any atom is 0.229 e. The summed E-state index contributed by atoms with van der Waals surface area (Å²) in [6, 6.07) is 13.8. The molecule has 1 aromatic heterocycles. The summed E-state index contributed by atoms with van der Waals surface area (Å²) in [4.78, 5) is 4.87. The summed E-state index contributed by atoms with van der Waals surface area (Å²) in [7, 11) is -3.36. The Labute approximate surface area is 191 Å². The lowest BCUT2D eigenvalue weighted by molar-refractivity contribution is 0.607. The third-order valence-corrected chi connectivity index (χ3v) is 5.23. The molecule has 164 valence electrons. The largest absolute Gasteiger partial charge is 0.326 e. The predicted molar refractivity (Wildman–Crippen MR) is 131 cm³/mol. The number of nitrogens with zero attached hydrogens (tertiary/aromatic N) is 1. The number of nitrogens with two attached hydrogens (primary N) is 1. The SMILES string of the molecule is Cc1ccc(-c2c(CN)c(CC(C)C)nc3ccc(NS(C)(=O)=O)cc23)cc1.Cl.Cl. The molecule has 0 amide bonds. The maximum absolute atomic E-state index is 11.7. The van der Waals surface area contributed by atoms with Crippen LogP contribution in [0.25, 0.3) is 22.0 Å². The zero-order valence-corrected chi connectivity index (χ0v) is 20.0. The number of aryl methyl sites for hydroxylation is 1. The molecular formula is C22H29Cl2N3O2S. The van der Waals surface area contributed by atoms with E-state index in [4.69, 9.17) is 10.7 Å². The highest BCUT2D eigenvalue weighted by molar-refractivity contribution is 7.92. The highest BCUT2D eigenvalue weighted by Gasteiger charge is 2.17. The van der Waals surface area contributed by atoms with Crippen LogP contribution in [-0.4, -0.2) is 19.7 Å². The van der Waals surface area contributed by atoms with E-state index < -0.39 is 10.0 Å². The second-order valence-electron chi connectivity index (χ2n) is 7.69. The van der Waals surface area contributed by atoms with Crippen molar-refractivity contribution in [3.05, 3.63) is 59.3 Å². The highest BCUT2D eigenvalue weighted by Crippen LogP contribution is 2.35. The van der Waals surface area contributed by atoms with E-state index in [0.29, 0.717) is 18.2 Å². The van der Waals surface area contributed by atoms with Crippen LogP contribution in [0.5, 0.6) is 0 Å². The summed E-state index contributed by atoms with van der Waals surface area (Å²) in [5.74, 6) is 0.451. The number of aromatic nitrogens is 1. The average molecular weight is 470 g/mol. The van der Waals surface area contributed by atoms with Crippen molar-refractivity contribution in [1.82, 2.24) is 4.98 Å². The molecule has 30 heavy (non-hydrogen) atoms. The molecule has 3 rings (SSSR count). The fourth-order valence-electron chi connectivity index (χ4n) is 3.46. The molecule has 0 fully saturated rings. The van der Waals surface area contributed by atoms with Gasteiger partial charge >= 0.3 is 0 Å². The lowest BCUT2D eigenvalue weighted by atomic mass is 9.91. The highest BCUT2D eigenvalue weighted by atomic mass is 35.5. The molecule has 0 saturated carbocycles. The van der Waals surface area contributed by atoms with Crippen molar-refractivity contribution < 1.29 is 8.42 Å². The van der Waals surface area contributed by atoms with Crippen molar-refractivity contribution in [2.24, 2.45) is 11.7 Å². The number of hydrogen-bond donors (Lipinski definition) is 2. The zero-order chi connectivity index (χ0) is 20.5. The van der Waals surface area contributed by atoms with Crippen LogP contribution in [0.1, 0.15) is 30.7 Å². The molecule has 0 unspecified atom stereocenters. The molecule has 0 aliphatic carbocycles. The predicted octanol–water partition coefficient (Wildman–Crippen LogP) is 5.08. The van der Waals surface area contributed by atoms with Crippen molar-refractivity contribution in [2.75, 3.05) is 11.0 Å². The Balaban J connectivity index is 0.00000225. The van der Waals surface area contributed by atoms with Gasteiger partial charge in [0.1, 0.15) is 0 Å². The number of rotatable bonds is 6. The van der Waals surface area contributed by atoms with E-state index in [2.05, 4.69) is 49.8 Å². The standard InChI is InChI=1S/C22H27N3O2S.2ClH/c1-14(2)11-21-19(13-23)22(16-7-5-15(3)6-8-16)18-12-17(25-28(4,26)27)9-10-20(18)24-21;;/h5-10,12,14,25H,11,13,23H2,1-4H3;2*1H. The van der Waals surface area contributed by atoms with Crippen molar-refractivity contribution >= 4 is 51.4 Å². The number of halogens is 2. The number of fused-ring (bicyclic) bond motifs is 1. The normalized spacial score (nSPS) is 11.1. The van der Waals surface area contributed by atoms with E-state index in [1.165, 1.54) is 5.56 Å². The van der Waals surface area contributed by atoms with Crippen LogP contribution < -0.4 is 10.5 Å². The van der Waals surface area contributed by atoms with Crippen molar-refractivity contribution in [3.63, 3.8) is 0 Å². The third kappa shape index (κ3) is 6.08. The minimum Gasteiger partial charge on any atom is -0.326 e. The molecule has 2 aromatic carbocycles. The second kappa shape index (κ2) is 10.4. The van der Waals surface area contributed by atoms with Gasteiger partial charge in [0.15, 0.2) is 0 Å². The number of anilines is 1. The first-order chi connectivity index (χ1) is 13.2. The van der Waals surface area contributed by atoms with Crippen LogP contribution in [0.2, 0.25) is 0 Å². The fraction of sp³-hybridized carbons (Fsp3) is 0.318. The topological polar surface area (TPSA) is 85.1 Å². The Kier molecular flexibility index (Phi) is 9.11. The maximum atomic E-state index is 11.7. The van der Waals surface area contributed by atoms with Crippen LogP contribution in [-0.2, 0) is 23.0 Å². The molecule has 3 aromatic rings. The molecular weight excluding hydrogens is 441 g/mol. The summed E-state index contributed by atoms with van der Waals surface area (Å²) >= 11 is 0. The summed E-state index contributed by atoms with van der Waals surface area (Å²) < 4.78 is 25.9. The molecule has 0 saturated heterocycles. The molecule has 5 nitrogen and oxygen atoms in total. The van der Waals surface area contributed by atoms with Gasteiger partial charge in [0.05, 0.1) is 11.8 Å². The van der Waals surface area contributed by atoms with E-state index >= 15 is 0 Å². The number of sulfonamides is 1. The van der Waals surface area contributed by atoms with Crippen molar-refractivity contribution in [3.8, 4) is 11.1 Å².